The number of carbonyl (C=O) groups is 1. The van der Waals surface area contributed by atoms with Crippen LogP contribution in [-0.4, -0.2) is 43.7 Å². The molecule has 0 bridgehead atoms. The molecule has 0 spiro atoms. The maximum Gasteiger partial charge on any atom is 0.319 e. The normalized spacial score (nSPS) is 18.2. The number of unbranched alkanes of at least 4 members (excludes halogenated alkanes) is 1. The van der Waals surface area contributed by atoms with Gasteiger partial charge >= 0.3 is 6.03 Å². The Hall–Kier alpha value is -1.75. The van der Waals surface area contributed by atoms with Gasteiger partial charge in [-0.1, -0.05) is 6.92 Å². The first-order valence-corrected chi connectivity index (χ1v) is 9.17. The molecule has 1 aromatic rings. The van der Waals surface area contributed by atoms with E-state index in [0.717, 1.165) is 36.7 Å². The largest absolute Gasteiger partial charge is 0.494 e. The van der Waals surface area contributed by atoms with Gasteiger partial charge in [-0.15, -0.1) is 0 Å². The van der Waals surface area contributed by atoms with Crippen LogP contribution < -0.4 is 15.4 Å². The zero-order valence-electron chi connectivity index (χ0n) is 15.0. The summed E-state index contributed by atoms with van der Waals surface area (Å²) in [5, 5.41) is 5.76. The molecule has 1 fully saturated rings. The van der Waals surface area contributed by atoms with Crippen LogP contribution in [-0.2, 0) is 0 Å². The number of likely N-dealkylation sites (tertiary alicyclic amines) is 1. The molecule has 1 saturated heterocycles. The van der Waals surface area contributed by atoms with Gasteiger partial charge in [0.1, 0.15) is 5.75 Å². The van der Waals surface area contributed by atoms with E-state index in [1.54, 1.807) is 0 Å². The van der Waals surface area contributed by atoms with Crippen LogP contribution in [0.15, 0.2) is 24.3 Å². The zero-order valence-corrected chi connectivity index (χ0v) is 15.0. The second-order valence-electron chi connectivity index (χ2n) is 6.59. The number of amides is 2. The predicted octanol–water partition coefficient (Wildman–Crippen LogP) is 3.72. The quantitative estimate of drug-likeness (QED) is 0.713. The van der Waals surface area contributed by atoms with E-state index in [4.69, 9.17) is 4.74 Å². The summed E-state index contributed by atoms with van der Waals surface area (Å²) >= 11 is 0. The minimum absolute atomic E-state index is 0.147. The summed E-state index contributed by atoms with van der Waals surface area (Å²) in [4.78, 5) is 14.4. The fraction of sp³-hybridized carbons (Fsp3) is 0.632. The Labute approximate surface area is 145 Å². The molecule has 0 saturated carbocycles. The summed E-state index contributed by atoms with van der Waals surface area (Å²) in [6.07, 6.45) is 4.84. The second kappa shape index (κ2) is 10.2. The lowest BCUT2D eigenvalue weighted by Crippen LogP contribution is -2.35. The monoisotopic (exact) mass is 333 g/mol. The molecular weight excluding hydrogens is 302 g/mol. The first-order chi connectivity index (χ1) is 11.7. The van der Waals surface area contributed by atoms with E-state index in [1.807, 2.05) is 31.2 Å². The minimum Gasteiger partial charge on any atom is -0.494 e. The Morgan fingerprint density at radius 3 is 2.79 bits per heavy atom. The van der Waals surface area contributed by atoms with E-state index < -0.39 is 0 Å². The molecule has 1 heterocycles. The average molecular weight is 333 g/mol. The maximum absolute atomic E-state index is 11.9. The first-order valence-electron chi connectivity index (χ1n) is 9.17. The highest BCUT2D eigenvalue weighted by Crippen LogP contribution is 2.16. The molecule has 2 amide bonds. The number of nitrogens with zero attached hydrogens (tertiary/aromatic N) is 1. The summed E-state index contributed by atoms with van der Waals surface area (Å²) in [5.74, 6) is 1.65. The van der Waals surface area contributed by atoms with Crippen molar-refractivity contribution in [2.24, 2.45) is 5.92 Å². The first kappa shape index (κ1) is 18.6. The molecule has 1 aromatic carbocycles. The maximum atomic E-state index is 11.9. The van der Waals surface area contributed by atoms with E-state index in [1.165, 1.54) is 25.9 Å². The van der Waals surface area contributed by atoms with Crippen LogP contribution in [0.4, 0.5) is 10.5 Å². The Bertz CT molecular complexity index is 490. The molecule has 134 valence electrons. The lowest BCUT2D eigenvalue weighted by molar-refractivity contribution is 0.181. The van der Waals surface area contributed by atoms with E-state index in [-0.39, 0.29) is 6.03 Å². The van der Waals surface area contributed by atoms with Gasteiger partial charge in [0.05, 0.1) is 6.61 Å². The number of hydrogen-bond acceptors (Lipinski definition) is 3. The number of urea groups is 1. The Kier molecular flexibility index (Phi) is 7.89. The highest BCUT2D eigenvalue weighted by Gasteiger charge is 2.15. The standard InChI is InChI=1S/C19H31N3O2/c1-3-24-18-10-8-17(9-11-18)21-19(23)20-12-4-5-13-22-14-6-7-16(2)15-22/h8-11,16H,3-7,12-15H2,1-2H3,(H2,20,21,23). The molecule has 0 aromatic heterocycles. The molecule has 1 unspecified atom stereocenters. The van der Waals surface area contributed by atoms with Gasteiger partial charge in [-0.2, -0.15) is 0 Å². The number of piperidine rings is 1. The van der Waals surface area contributed by atoms with Crippen LogP contribution >= 0.6 is 0 Å². The molecule has 5 heteroatoms. The van der Waals surface area contributed by atoms with Gasteiger partial charge in [-0.3, -0.25) is 0 Å². The van der Waals surface area contributed by atoms with Crippen molar-refractivity contribution in [3.63, 3.8) is 0 Å². The fourth-order valence-electron chi connectivity index (χ4n) is 3.13. The Morgan fingerprint density at radius 1 is 1.29 bits per heavy atom. The molecule has 5 nitrogen and oxygen atoms in total. The molecule has 2 N–H and O–H groups in total. The van der Waals surface area contributed by atoms with Crippen molar-refractivity contribution in [3.05, 3.63) is 24.3 Å². The van der Waals surface area contributed by atoms with Crippen LogP contribution in [0.5, 0.6) is 5.75 Å². The molecule has 0 aliphatic carbocycles. The average Bonchev–Trinajstić information content (AvgIpc) is 2.57. The number of rotatable bonds is 8. The molecule has 2 rings (SSSR count). The van der Waals surface area contributed by atoms with Crippen molar-refractivity contribution in [1.82, 2.24) is 10.2 Å². The van der Waals surface area contributed by atoms with Crippen molar-refractivity contribution in [3.8, 4) is 5.75 Å². The van der Waals surface area contributed by atoms with Crippen LogP contribution in [0.2, 0.25) is 0 Å². The van der Waals surface area contributed by atoms with E-state index >= 15 is 0 Å². The van der Waals surface area contributed by atoms with Gasteiger partial charge in [0.15, 0.2) is 0 Å². The summed E-state index contributed by atoms with van der Waals surface area (Å²) < 4.78 is 5.38. The Morgan fingerprint density at radius 2 is 2.08 bits per heavy atom. The highest BCUT2D eigenvalue weighted by molar-refractivity contribution is 5.89. The number of benzene rings is 1. The molecule has 24 heavy (non-hydrogen) atoms. The Balaban J connectivity index is 1.56. The zero-order chi connectivity index (χ0) is 17.2. The van der Waals surface area contributed by atoms with Gasteiger partial charge in [0.2, 0.25) is 0 Å². The van der Waals surface area contributed by atoms with E-state index in [2.05, 4.69) is 22.5 Å². The van der Waals surface area contributed by atoms with Crippen molar-refractivity contribution in [2.45, 2.75) is 39.5 Å². The molecular formula is C19H31N3O2. The van der Waals surface area contributed by atoms with Gasteiger partial charge in [0, 0.05) is 18.8 Å². The number of carbonyl (C=O) groups excluding carboxylic acids is 1. The van der Waals surface area contributed by atoms with Gasteiger partial charge in [-0.05, 0) is 75.9 Å². The van der Waals surface area contributed by atoms with Crippen molar-refractivity contribution < 1.29 is 9.53 Å². The van der Waals surface area contributed by atoms with E-state index in [0.29, 0.717) is 13.2 Å². The molecule has 1 aliphatic heterocycles. The van der Waals surface area contributed by atoms with Gasteiger partial charge in [0.25, 0.3) is 0 Å². The molecule has 1 atom stereocenters. The summed E-state index contributed by atoms with van der Waals surface area (Å²) in [7, 11) is 0. The number of nitrogens with one attached hydrogen (secondary N) is 2. The second-order valence-corrected chi connectivity index (χ2v) is 6.59. The van der Waals surface area contributed by atoms with Gasteiger partial charge < -0.3 is 20.3 Å². The topological polar surface area (TPSA) is 53.6 Å². The van der Waals surface area contributed by atoms with Crippen LogP contribution in [0.25, 0.3) is 0 Å². The lowest BCUT2D eigenvalue weighted by Gasteiger charge is -2.30. The highest BCUT2D eigenvalue weighted by atomic mass is 16.5. The van der Waals surface area contributed by atoms with Gasteiger partial charge in [-0.25, -0.2) is 4.79 Å². The number of anilines is 1. The minimum atomic E-state index is -0.147. The van der Waals surface area contributed by atoms with Crippen LogP contribution in [0, 0.1) is 5.92 Å². The van der Waals surface area contributed by atoms with Crippen LogP contribution in [0.1, 0.15) is 39.5 Å². The summed E-state index contributed by atoms with van der Waals surface area (Å²) in [5.41, 5.74) is 0.776. The third-order valence-electron chi connectivity index (χ3n) is 4.35. The van der Waals surface area contributed by atoms with Crippen LogP contribution in [0.3, 0.4) is 0 Å². The SMILES string of the molecule is CCOc1ccc(NC(=O)NCCCCN2CCCC(C)C2)cc1. The van der Waals surface area contributed by atoms with E-state index in [9.17, 15) is 4.79 Å². The van der Waals surface area contributed by atoms with Crippen molar-refractivity contribution in [2.75, 3.05) is 38.1 Å². The number of ether oxygens (including phenoxy) is 1. The fourth-order valence-corrected chi connectivity index (χ4v) is 3.13. The van der Waals surface area contributed by atoms with Crippen molar-refractivity contribution >= 4 is 11.7 Å². The number of hydrogen-bond donors (Lipinski definition) is 2. The van der Waals surface area contributed by atoms with Crippen molar-refractivity contribution in [1.29, 1.82) is 0 Å². The smallest absolute Gasteiger partial charge is 0.319 e. The third kappa shape index (κ3) is 6.79. The molecule has 0 radical (unpaired) electrons. The predicted molar refractivity (Wildman–Crippen MR) is 98.7 cm³/mol. The lowest BCUT2D eigenvalue weighted by atomic mass is 10.0. The summed E-state index contributed by atoms with van der Waals surface area (Å²) in [6.45, 7) is 9.24. The third-order valence-corrected chi connectivity index (χ3v) is 4.35. The molecule has 1 aliphatic rings. The summed E-state index contributed by atoms with van der Waals surface area (Å²) in [6, 6.07) is 7.27.